The lowest BCUT2D eigenvalue weighted by Gasteiger charge is -2.29. The van der Waals surface area contributed by atoms with Crippen LogP contribution in [-0.2, 0) is 0 Å². The molecule has 1 unspecified atom stereocenters. The van der Waals surface area contributed by atoms with E-state index in [4.69, 9.17) is 0 Å². The summed E-state index contributed by atoms with van der Waals surface area (Å²) < 4.78 is 0. The Morgan fingerprint density at radius 3 is 2.46 bits per heavy atom. The second-order valence-corrected chi connectivity index (χ2v) is 7.78. The second-order valence-electron chi connectivity index (χ2n) is 7.78. The maximum Gasteiger partial charge on any atom is 0.254 e. The molecule has 2 aliphatic heterocycles. The first-order valence-electron chi connectivity index (χ1n) is 10.6. The normalized spacial score (nSPS) is 20.7. The molecular weight excluding hydrogens is 322 g/mol. The zero-order valence-corrected chi connectivity index (χ0v) is 16.6. The number of benzene rings is 1. The summed E-state index contributed by atoms with van der Waals surface area (Å²) in [4.78, 5) is 20.1. The highest BCUT2D eigenvalue weighted by Crippen LogP contribution is 2.24. The van der Waals surface area contributed by atoms with Gasteiger partial charge in [0, 0.05) is 43.5 Å². The number of amides is 1. The van der Waals surface area contributed by atoms with Crippen LogP contribution in [0.3, 0.4) is 0 Å². The molecule has 0 aromatic heterocycles. The predicted molar refractivity (Wildman–Crippen MR) is 109 cm³/mol. The molecule has 0 radical (unpaired) electrons. The molecule has 4 heteroatoms. The van der Waals surface area contributed by atoms with Crippen LogP contribution in [0.4, 0.5) is 5.69 Å². The first-order chi connectivity index (χ1) is 12.7. The van der Waals surface area contributed by atoms with Crippen LogP contribution in [0, 0.1) is 0 Å². The number of nitrogens with zero attached hydrogens (tertiary/aromatic N) is 3. The average Bonchev–Trinajstić information content (AvgIpc) is 3.35. The number of unbranched alkanes of at least 4 members (excludes halogenated alkanes) is 1. The van der Waals surface area contributed by atoms with Crippen molar-refractivity contribution < 1.29 is 4.79 Å². The Kier molecular flexibility index (Phi) is 6.95. The van der Waals surface area contributed by atoms with E-state index in [1.54, 1.807) is 0 Å². The van der Waals surface area contributed by atoms with Gasteiger partial charge in [-0.3, -0.25) is 4.79 Å². The lowest BCUT2D eigenvalue weighted by atomic mass is 10.1. The van der Waals surface area contributed by atoms with Crippen molar-refractivity contribution in [1.29, 1.82) is 0 Å². The van der Waals surface area contributed by atoms with Gasteiger partial charge in [-0.25, -0.2) is 0 Å². The zero-order valence-electron chi connectivity index (χ0n) is 16.6. The van der Waals surface area contributed by atoms with Crippen molar-refractivity contribution >= 4 is 11.6 Å². The highest BCUT2D eigenvalue weighted by molar-refractivity contribution is 5.95. The number of hydrogen-bond acceptors (Lipinski definition) is 3. The molecule has 2 saturated heterocycles. The fourth-order valence-electron chi connectivity index (χ4n) is 4.36. The van der Waals surface area contributed by atoms with E-state index in [0.29, 0.717) is 6.04 Å². The molecule has 3 rings (SSSR count). The minimum atomic E-state index is 0.217. The summed E-state index contributed by atoms with van der Waals surface area (Å²) in [6.07, 6.45) is 7.34. The molecule has 1 atom stereocenters. The van der Waals surface area contributed by atoms with Crippen molar-refractivity contribution in [3.8, 4) is 0 Å². The molecular formula is C22H35N3O. The monoisotopic (exact) mass is 357 g/mol. The van der Waals surface area contributed by atoms with E-state index < -0.39 is 0 Å². The number of likely N-dealkylation sites (tertiary alicyclic amines) is 2. The molecule has 0 spiro atoms. The van der Waals surface area contributed by atoms with Crippen molar-refractivity contribution in [2.75, 3.05) is 44.2 Å². The summed E-state index contributed by atoms with van der Waals surface area (Å²) in [5.41, 5.74) is 2.07. The lowest BCUT2D eigenvalue weighted by Crippen LogP contribution is -2.42. The van der Waals surface area contributed by atoms with E-state index in [0.717, 1.165) is 44.6 Å². The number of carbonyl (C=O) groups excluding carboxylic acids is 1. The van der Waals surface area contributed by atoms with Crippen molar-refractivity contribution in [2.45, 2.75) is 58.4 Å². The standard InChI is InChI=1S/C22H35N3O/c1-3-5-16-24(4-2)20-12-10-19(11-13-20)22(26)25-17-8-9-21(25)18-23-14-6-7-15-23/h10-13,21H,3-9,14-18H2,1-2H3. The van der Waals surface area contributed by atoms with Crippen molar-refractivity contribution in [1.82, 2.24) is 9.80 Å². The molecule has 4 nitrogen and oxygen atoms in total. The van der Waals surface area contributed by atoms with Crippen LogP contribution in [0.15, 0.2) is 24.3 Å². The lowest BCUT2D eigenvalue weighted by molar-refractivity contribution is 0.0709. The topological polar surface area (TPSA) is 26.8 Å². The van der Waals surface area contributed by atoms with E-state index >= 15 is 0 Å². The minimum absolute atomic E-state index is 0.217. The van der Waals surface area contributed by atoms with Gasteiger partial charge in [0.05, 0.1) is 0 Å². The van der Waals surface area contributed by atoms with Gasteiger partial charge in [-0.1, -0.05) is 13.3 Å². The average molecular weight is 358 g/mol. The number of carbonyl (C=O) groups is 1. The molecule has 0 N–H and O–H groups in total. The summed E-state index contributed by atoms with van der Waals surface area (Å²) in [6, 6.07) is 8.70. The van der Waals surface area contributed by atoms with Gasteiger partial charge >= 0.3 is 0 Å². The van der Waals surface area contributed by atoms with Crippen molar-refractivity contribution in [3.05, 3.63) is 29.8 Å². The Morgan fingerprint density at radius 1 is 1.08 bits per heavy atom. The third kappa shape index (κ3) is 4.59. The van der Waals surface area contributed by atoms with Crippen LogP contribution in [0.5, 0.6) is 0 Å². The fraction of sp³-hybridized carbons (Fsp3) is 0.682. The first-order valence-corrected chi connectivity index (χ1v) is 10.6. The van der Waals surface area contributed by atoms with Crippen LogP contribution in [0.1, 0.15) is 62.7 Å². The largest absolute Gasteiger partial charge is 0.372 e. The van der Waals surface area contributed by atoms with Gasteiger partial charge in [0.25, 0.3) is 5.91 Å². The number of hydrogen-bond donors (Lipinski definition) is 0. The summed E-state index contributed by atoms with van der Waals surface area (Å²) in [6.45, 7) is 10.9. The summed E-state index contributed by atoms with van der Waals surface area (Å²) in [5, 5.41) is 0. The highest BCUT2D eigenvalue weighted by Gasteiger charge is 2.31. The summed E-state index contributed by atoms with van der Waals surface area (Å²) in [5.74, 6) is 0.217. The molecule has 1 amide bonds. The van der Waals surface area contributed by atoms with Gasteiger partial charge in [-0.2, -0.15) is 0 Å². The van der Waals surface area contributed by atoms with Crippen molar-refractivity contribution in [2.24, 2.45) is 0 Å². The Labute approximate surface area is 159 Å². The third-order valence-electron chi connectivity index (χ3n) is 5.95. The molecule has 2 heterocycles. The van der Waals surface area contributed by atoms with Crippen LogP contribution < -0.4 is 4.90 Å². The van der Waals surface area contributed by atoms with Crippen LogP contribution in [0.2, 0.25) is 0 Å². The second kappa shape index (κ2) is 9.40. The van der Waals surface area contributed by atoms with Gasteiger partial charge in [0.2, 0.25) is 0 Å². The van der Waals surface area contributed by atoms with E-state index in [1.807, 2.05) is 12.1 Å². The fourth-order valence-corrected chi connectivity index (χ4v) is 4.36. The van der Waals surface area contributed by atoms with Crippen LogP contribution in [0.25, 0.3) is 0 Å². The molecule has 2 aliphatic rings. The zero-order chi connectivity index (χ0) is 18.4. The quantitative estimate of drug-likeness (QED) is 0.703. The van der Waals surface area contributed by atoms with Crippen molar-refractivity contribution in [3.63, 3.8) is 0 Å². The maximum absolute atomic E-state index is 13.0. The molecule has 1 aromatic carbocycles. The number of anilines is 1. The maximum atomic E-state index is 13.0. The van der Waals surface area contributed by atoms with Gasteiger partial charge in [-0.05, 0) is 76.4 Å². The Balaban J connectivity index is 1.63. The minimum Gasteiger partial charge on any atom is -0.372 e. The highest BCUT2D eigenvalue weighted by atomic mass is 16.2. The van der Waals surface area contributed by atoms with Gasteiger partial charge < -0.3 is 14.7 Å². The van der Waals surface area contributed by atoms with Gasteiger partial charge in [-0.15, -0.1) is 0 Å². The molecule has 2 fully saturated rings. The van der Waals surface area contributed by atoms with Gasteiger partial charge in [0.1, 0.15) is 0 Å². The molecule has 1 aromatic rings. The smallest absolute Gasteiger partial charge is 0.254 e. The Hall–Kier alpha value is -1.55. The Morgan fingerprint density at radius 2 is 1.81 bits per heavy atom. The summed E-state index contributed by atoms with van der Waals surface area (Å²) in [7, 11) is 0. The predicted octanol–water partition coefficient (Wildman–Crippen LogP) is 4.01. The molecule has 0 aliphatic carbocycles. The van der Waals surface area contributed by atoms with E-state index in [9.17, 15) is 4.79 Å². The molecule has 0 bridgehead atoms. The Bertz CT molecular complexity index is 565. The van der Waals surface area contributed by atoms with Crippen LogP contribution in [-0.4, -0.2) is 61.0 Å². The van der Waals surface area contributed by atoms with Gasteiger partial charge in [0.15, 0.2) is 0 Å². The molecule has 0 saturated carbocycles. The SMILES string of the molecule is CCCCN(CC)c1ccc(C(=O)N2CCCC2CN2CCCC2)cc1. The summed E-state index contributed by atoms with van der Waals surface area (Å²) >= 11 is 0. The molecule has 144 valence electrons. The number of rotatable bonds is 8. The van der Waals surface area contributed by atoms with E-state index in [-0.39, 0.29) is 5.91 Å². The van der Waals surface area contributed by atoms with E-state index in [2.05, 4.69) is 40.7 Å². The van der Waals surface area contributed by atoms with Crippen LogP contribution >= 0.6 is 0 Å². The third-order valence-corrected chi connectivity index (χ3v) is 5.95. The first kappa shape index (κ1) is 19.2. The van der Waals surface area contributed by atoms with E-state index in [1.165, 1.54) is 44.5 Å². The molecule has 26 heavy (non-hydrogen) atoms.